The normalized spacial score (nSPS) is 13.8. The zero-order valence-corrected chi connectivity index (χ0v) is 12.2. The Balaban J connectivity index is 2.29. The summed E-state index contributed by atoms with van der Waals surface area (Å²) in [5.41, 5.74) is 7.54. The predicted octanol–water partition coefficient (Wildman–Crippen LogP) is 3.90. The lowest BCUT2D eigenvalue weighted by molar-refractivity contribution is 0.410. The van der Waals surface area contributed by atoms with Gasteiger partial charge in [-0.15, -0.1) is 0 Å². The second-order valence-corrected chi connectivity index (χ2v) is 5.47. The summed E-state index contributed by atoms with van der Waals surface area (Å²) >= 11 is 6.06. The molecule has 0 spiro atoms. The van der Waals surface area contributed by atoms with Gasteiger partial charge in [0.15, 0.2) is 0 Å². The van der Waals surface area contributed by atoms with Gasteiger partial charge in [0.25, 0.3) is 0 Å². The molecule has 0 radical (unpaired) electrons. The van der Waals surface area contributed by atoms with Gasteiger partial charge < -0.3 is 10.5 Å². The van der Waals surface area contributed by atoms with Gasteiger partial charge in [-0.05, 0) is 48.7 Å². The number of nitrogens with two attached hydrogens (primary N) is 1. The second kappa shape index (κ2) is 5.81. The summed E-state index contributed by atoms with van der Waals surface area (Å²) in [5, 5.41) is 0.393. The van der Waals surface area contributed by atoms with Crippen LogP contribution in [-0.4, -0.2) is 7.11 Å². The van der Waals surface area contributed by atoms with Crippen LogP contribution in [0.2, 0.25) is 5.02 Å². The van der Waals surface area contributed by atoms with Crippen LogP contribution >= 0.6 is 11.6 Å². The smallest absolute Gasteiger partial charge is 0.124 e. The molecule has 4 heteroatoms. The van der Waals surface area contributed by atoms with Gasteiger partial charge in [-0.3, -0.25) is 0 Å². The zero-order valence-electron chi connectivity index (χ0n) is 11.5. The third-order valence-corrected chi connectivity index (χ3v) is 3.65. The quantitative estimate of drug-likeness (QED) is 0.928. The fourth-order valence-electron chi connectivity index (χ4n) is 2.14. The molecule has 2 aromatic carbocycles. The molecule has 0 aliphatic heterocycles. The summed E-state index contributed by atoms with van der Waals surface area (Å²) in [5.74, 6) is 0.406. The minimum atomic E-state index is -0.615. The number of methoxy groups -OCH3 is 1. The molecule has 2 rings (SSSR count). The number of halogens is 2. The predicted molar refractivity (Wildman–Crippen MR) is 79.6 cm³/mol. The van der Waals surface area contributed by atoms with Crippen molar-refractivity contribution in [1.29, 1.82) is 0 Å². The Kier molecular flexibility index (Phi) is 4.31. The monoisotopic (exact) mass is 293 g/mol. The number of benzene rings is 2. The van der Waals surface area contributed by atoms with Crippen LogP contribution in [0.3, 0.4) is 0 Å². The maximum Gasteiger partial charge on any atom is 0.124 e. The lowest BCUT2D eigenvalue weighted by Crippen LogP contribution is -2.35. The van der Waals surface area contributed by atoms with Gasteiger partial charge in [-0.2, -0.15) is 0 Å². The van der Waals surface area contributed by atoms with Gasteiger partial charge in [-0.1, -0.05) is 29.8 Å². The van der Waals surface area contributed by atoms with Gasteiger partial charge in [0.1, 0.15) is 11.6 Å². The minimum absolute atomic E-state index is 0.348. The van der Waals surface area contributed by atoms with Gasteiger partial charge in [0.05, 0.1) is 7.11 Å². The first-order valence-corrected chi connectivity index (χ1v) is 6.67. The number of hydrogen-bond acceptors (Lipinski definition) is 2. The van der Waals surface area contributed by atoms with Crippen molar-refractivity contribution in [3.63, 3.8) is 0 Å². The van der Waals surface area contributed by atoms with Crippen LogP contribution in [0.4, 0.5) is 4.39 Å². The number of hydrogen-bond donors (Lipinski definition) is 1. The lowest BCUT2D eigenvalue weighted by Gasteiger charge is -2.26. The average molecular weight is 294 g/mol. The summed E-state index contributed by atoms with van der Waals surface area (Å²) in [7, 11) is 1.61. The van der Waals surface area contributed by atoms with Gasteiger partial charge in [-0.25, -0.2) is 4.39 Å². The van der Waals surface area contributed by atoms with Crippen LogP contribution in [0, 0.1) is 5.82 Å². The zero-order chi connectivity index (χ0) is 14.8. The lowest BCUT2D eigenvalue weighted by atomic mass is 9.86. The Hall–Kier alpha value is -1.58. The molecule has 0 heterocycles. The molecule has 0 amide bonds. The molecule has 2 nitrogen and oxygen atoms in total. The molecule has 2 N–H and O–H groups in total. The van der Waals surface area contributed by atoms with Crippen molar-refractivity contribution < 1.29 is 9.13 Å². The highest BCUT2D eigenvalue weighted by Gasteiger charge is 2.23. The Bertz CT molecular complexity index is 613. The standard InChI is InChI=1S/C16H17ClFNO/c1-16(19,12-4-3-5-14(8-12)20-2)10-11-6-7-13(18)9-15(11)17/h3-9H,10,19H2,1-2H3. The molecule has 0 fully saturated rings. The van der Waals surface area contributed by atoms with Crippen LogP contribution in [0.1, 0.15) is 18.1 Å². The molecule has 2 aromatic rings. The maximum atomic E-state index is 13.1. The van der Waals surface area contributed by atoms with Crippen LogP contribution in [-0.2, 0) is 12.0 Å². The summed E-state index contributed by atoms with van der Waals surface area (Å²) in [4.78, 5) is 0. The van der Waals surface area contributed by atoms with E-state index in [-0.39, 0.29) is 5.82 Å². The van der Waals surface area contributed by atoms with Crippen molar-refractivity contribution in [3.05, 3.63) is 64.4 Å². The summed E-state index contributed by atoms with van der Waals surface area (Å²) in [6, 6.07) is 12.0. The molecular weight excluding hydrogens is 277 g/mol. The first-order chi connectivity index (χ1) is 9.42. The van der Waals surface area contributed by atoms with Crippen LogP contribution < -0.4 is 10.5 Å². The molecule has 0 bridgehead atoms. The first kappa shape index (κ1) is 14.8. The van der Waals surface area contributed by atoms with Crippen molar-refractivity contribution in [2.24, 2.45) is 5.73 Å². The third-order valence-electron chi connectivity index (χ3n) is 3.30. The topological polar surface area (TPSA) is 35.2 Å². The van der Waals surface area contributed by atoms with E-state index in [0.29, 0.717) is 11.4 Å². The first-order valence-electron chi connectivity index (χ1n) is 6.30. The SMILES string of the molecule is COc1cccc(C(C)(N)Cc2ccc(F)cc2Cl)c1. The Morgan fingerprint density at radius 2 is 2.00 bits per heavy atom. The van der Waals surface area contributed by atoms with Crippen molar-refractivity contribution in [2.45, 2.75) is 18.9 Å². The highest BCUT2D eigenvalue weighted by Crippen LogP contribution is 2.29. The van der Waals surface area contributed by atoms with E-state index >= 15 is 0 Å². The minimum Gasteiger partial charge on any atom is -0.497 e. The highest BCUT2D eigenvalue weighted by molar-refractivity contribution is 6.31. The Morgan fingerprint density at radius 3 is 2.65 bits per heavy atom. The summed E-state index contributed by atoms with van der Waals surface area (Å²) in [6.07, 6.45) is 0.513. The maximum absolute atomic E-state index is 13.1. The molecular formula is C16H17ClFNO. The van der Waals surface area contributed by atoms with E-state index in [1.54, 1.807) is 13.2 Å². The van der Waals surface area contributed by atoms with Crippen molar-refractivity contribution in [2.75, 3.05) is 7.11 Å². The third kappa shape index (κ3) is 3.30. The van der Waals surface area contributed by atoms with Crippen molar-refractivity contribution in [3.8, 4) is 5.75 Å². The Morgan fingerprint density at radius 1 is 1.25 bits per heavy atom. The molecule has 0 aliphatic carbocycles. The van der Waals surface area contributed by atoms with Crippen molar-refractivity contribution in [1.82, 2.24) is 0 Å². The van der Waals surface area contributed by atoms with E-state index in [2.05, 4.69) is 0 Å². The van der Waals surface area contributed by atoms with Crippen LogP contribution in [0.15, 0.2) is 42.5 Å². The molecule has 1 atom stereocenters. The molecule has 106 valence electrons. The molecule has 1 unspecified atom stereocenters. The van der Waals surface area contributed by atoms with Crippen LogP contribution in [0.25, 0.3) is 0 Å². The van der Waals surface area contributed by atoms with Crippen molar-refractivity contribution >= 4 is 11.6 Å². The van der Waals surface area contributed by atoms with E-state index < -0.39 is 5.54 Å². The van der Waals surface area contributed by atoms with E-state index in [0.717, 1.165) is 16.9 Å². The summed E-state index contributed by atoms with van der Waals surface area (Å²) in [6.45, 7) is 1.92. The highest BCUT2D eigenvalue weighted by atomic mass is 35.5. The number of rotatable bonds is 4. The van der Waals surface area contributed by atoms with E-state index in [4.69, 9.17) is 22.1 Å². The average Bonchev–Trinajstić information content (AvgIpc) is 2.42. The van der Waals surface area contributed by atoms with Crippen LogP contribution in [0.5, 0.6) is 5.75 Å². The fraction of sp³-hybridized carbons (Fsp3) is 0.250. The van der Waals surface area contributed by atoms with Gasteiger partial charge in [0, 0.05) is 10.6 Å². The van der Waals surface area contributed by atoms with E-state index in [9.17, 15) is 4.39 Å². The molecule has 0 saturated heterocycles. The molecule has 0 saturated carbocycles. The summed E-state index contributed by atoms with van der Waals surface area (Å²) < 4.78 is 18.3. The van der Waals surface area contributed by atoms with E-state index in [1.807, 2.05) is 31.2 Å². The molecule has 0 aromatic heterocycles. The fourth-order valence-corrected chi connectivity index (χ4v) is 2.38. The molecule has 0 aliphatic rings. The largest absolute Gasteiger partial charge is 0.497 e. The van der Waals surface area contributed by atoms with E-state index in [1.165, 1.54) is 12.1 Å². The second-order valence-electron chi connectivity index (χ2n) is 5.06. The van der Waals surface area contributed by atoms with Gasteiger partial charge >= 0.3 is 0 Å². The molecule has 20 heavy (non-hydrogen) atoms. The van der Waals surface area contributed by atoms with Gasteiger partial charge in [0.2, 0.25) is 0 Å². The Labute approximate surface area is 123 Å². The number of ether oxygens (including phenoxy) is 1.